The maximum atomic E-state index is 12.4. The van der Waals surface area contributed by atoms with E-state index >= 15 is 0 Å². The maximum absolute atomic E-state index is 12.4. The van der Waals surface area contributed by atoms with Gasteiger partial charge in [0.15, 0.2) is 9.84 Å². The minimum absolute atomic E-state index is 0.0563. The third-order valence-corrected chi connectivity index (χ3v) is 6.66. The number of amides is 1. The summed E-state index contributed by atoms with van der Waals surface area (Å²) < 4.78 is 23.4. The molecule has 2 aromatic rings. The first-order valence-corrected chi connectivity index (χ1v) is 11.0. The highest BCUT2D eigenvalue weighted by molar-refractivity contribution is 7.91. The number of pyridine rings is 1. The zero-order chi connectivity index (χ0) is 19.3. The molecule has 1 atom stereocenters. The molecule has 1 fully saturated rings. The lowest BCUT2D eigenvalue weighted by atomic mass is 10.1. The van der Waals surface area contributed by atoms with Crippen LogP contribution in [0.15, 0.2) is 48.7 Å². The number of nitrogens with one attached hydrogen (secondary N) is 1. The van der Waals surface area contributed by atoms with Crippen molar-refractivity contribution in [2.75, 3.05) is 30.0 Å². The molecule has 1 aromatic carbocycles. The summed E-state index contributed by atoms with van der Waals surface area (Å²) in [6.45, 7) is 0.580. The summed E-state index contributed by atoms with van der Waals surface area (Å²) in [5.41, 5.74) is 2.40. The molecule has 2 heterocycles. The molecule has 144 valence electrons. The van der Waals surface area contributed by atoms with Gasteiger partial charge in [-0.1, -0.05) is 30.3 Å². The number of aryl methyl sites for hydroxylation is 1. The van der Waals surface area contributed by atoms with Crippen molar-refractivity contribution in [2.24, 2.45) is 0 Å². The molecule has 0 saturated carbocycles. The fourth-order valence-electron chi connectivity index (χ4n) is 3.28. The quantitative estimate of drug-likeness (QED) is 0.736. The smallest absolute Gasteiger partial charge is 0.269 e. The Morgan fingerprint density at radius 2 is 2.04 bits per heavy atom. The molecule has 1 saturated heterocycles. The van der Waals surface area contributed by atoms with Crippen LogP contribution in [0.1, 0.15) is 28.9 Å². The molecule has 1 unspecified atom stereocenters. The highest BCUT2D eigenvalue weighted by atomic mass is 32.2. The molecule has 1 N–H and O–H groups in total. The Morgan fingerprint density at radius 3 is 2.74 bits per heavy atom. The van der Waals surface area contributed by atoms with E-state index in [1.54, 1.807) is 18.3 Å². The molecule has 1 aliphatic heterocycles. The molecule has 1 aromatic heterocycles. The van der Waals surface area contributed by atoms with Crippen LogP contribution in [0.2, 0.25) is 0 Å². The summed E-state index contributed by atoms with van der Waals surface area (Å²) >= 11 is 0. The lowest BCUT2D eigenvalue weighted by Crippen LogP contribution is -2.33. The standard InChI is InChI=1S/C20H25N3O3S/c1-23(18-10-13-27(25,26)15-18)17-9-12-21-19(14-17)20(24)22-11-5-8-16-6-3-2-4-7-16/h2-4,6-7,9,12,14,18H,5,8,10-11,13,15H2,1H3,(H,22,24). The SMILES string of the molecule is CN(c1ccnc(C(=O)NCCCc2ccccc2)c1)C1CCS(=O)(=O)C1. The van der Waals surface area contributed by atoms with Gasteiger partial charge in [0.25, 0.3) is 5.91 Å². The predicted molar refractivity (Wildman–Crippen MR) is 107 cm³/mol. The Labute approximate surface area is 160 Å². The monoisotopic (exact) mass is 387 g/mol. The largest absolute Gasteiger partial charge is 0.370 e. The molecular weight excluding hydrogens is 362 g/mol. The molecule has 0 spiro atoms. The van der Waals surface area contributed by atoms with Gasteiger partial charge in [-0.05, 0) is 37.0 Å². The van der Waals surface area contributed by atoms with Crippen molar-refractivity contribution in [3.63, 3.8) is 0 Å². The van der Waals surface area contributed by atoms with E-state index in [0.29, 0.717) is 18.7 Å². The summed E-state index contributed by atoms with van der Waals surface area (Å²) in [5, 5.41) is 2.90. The third-order valence-electron chi connectivity index (χ3n) is 4.91. The molecular formula is C20H25N3O3S. The zero-order valence-corrected chi connectivity index (χ0v) is 16.3. The molecule has 0 aliphatic carbocycles. The van der Waals surface area contributed by atoms with Gasteiger partial charge in [-0.3, -0.25) is 9.78 Å². The summed E-state index contributed by atoms with van der Waals surface area (Å²) in [6.07, 6.45) is 3.97. The van der Waals surface area contributed by atoms with Crippen LogP contribution < -0.4 is 10.2 Å². The van der Waals surface area contributed by atoms with Crippen LogP contribution in [-0.2, 0) is 16.3 Å². The molecule has 1 amide bonds. The van der Waals surface area contributed by atoms with Gasteiger partial charge in [-0.15, -0.1) is 0 Å². The van der Waals surface area contributed by atoms with Gasteiger partial charge < -0.3 is 10.2 Å². The first-order valence-electron chi connectivity index (χ1n) is 9.16. The lowest BCUT2D eigenvalue weighted by molar-refractivity contribution is 0.0948. The number of nitrogens with zero attached hydrogens (tertiary/aromatic N) is 2. The second-order valence-corrected chi connectivity index (χ2v) is 9.14. The van der Waals surface area contributed by atoms with Crippen molar-refractivity contribution in [3.8, 4) is 0 Å². The molecule has 1 aliphatic rings. The van der Waals surface area contributed by atoms with Gasteiger partial charge >= 0.3 is 0 Å². The molecule has 6 nitrogen and oxygen atoms in total. The maximum Gasteiger partial charge on any atom is 0.269 e. The number of hydrogen-bond acceptors (Lipinski definition) is 5. The van der Waals surface area contributed by atoms with Crippen molar-refractivity contribution in [1.82, 2.24) is 10.3 Å². The van der Waals surface area contributed by atoms with Gasteiger partial charge in [-0.2, -0.15) is 0 Å². The number of benzene rings is 1. The zero-order valence-electron chi connectivity index (χ0n) is 15.5. The Morgan fingerprint density at radius 1 is 1.26 bits per heavy atom. The van der Waals surface area contributed by atoms with Crippen LogP contribution in [-0.4, -0.2) is 50.4 Å². The Balaban J connectivity index is 1.54. The predicted octanol–water partition coefficient (Wildman–Crippen LogP) is 2.07. The Kier molecular flexibility index (Phi) is 6.11. The fourth-order valence-corrected chi connectivity index (χ4v) is 5.06. The van der Waals surface area contributed by atoms with Gasteiger partial charge in [0.2, 0.25) is 0 Å². The number of carbonyl (C=O) groups is 1. The highest BCUT2D eigenvalue weighted by Gasteiger charge is 2.31. The van der Waals surface area contributed by atoms with Crippen molar-refractivity contribution >= 4 is 21.4 Å². The van der Waals surface area contributed by atoms with Gasteiger partial charge in [0.1, 0.15) is 5.69 Å². The molecule has 27 heavy (non-hydrogen) atoms. The van der Waals surface area contributed by atoms with Crippen LogP contribution in [0.4, 0.5) is 5.69 Å². The molecule has 3 rings (SSSR count). The Hall–Kier alpha value is -2.41. The van der Waals surface area contributed by atoms with E-state index in [9.17, 15) is 13.2 Å². The van der Waals surface area contributed by atoms with Gasteiger partial charge in [0.05, 0.1) is 11.5 Å². The Bertz CT molecular complexity index is 884. The fraction of sp³-hybridized carbons (Fsp3) is 0.400. The van der Waals surface area contributed by atoms with Crippen LogP contribution in [0, 0.1) is 0 Å². The highest BCUT2D eigenvalue weighted by Crippen LogP contribution is 2.23. The van der Waals surface area contributed by atoms with E-state index in [1.165, 1.54) is 5.56 Å². The van der Waals surface area contributed by atoms with Crippen molar-refractivity contribution in [2.45, 2.75) is 25.3 Å². The van der Waals surface area contributed by atoms with Crippen molar-refractivity contribution in [1.29, 1.82) is 0 Å². The van der Waals surface area contributed by atoms with E-state index in [1.807, 2.05) is 30.1 Å². The van der Waals surface area contributed by atoms with Crippen LogP contribution in [0.25, 0.3) is 0 Å². The average molecular weight is 388 g/mol. The number of hydrogen-bond donors (Lipinski definition) is 1. The summed E-state index contributed by atoms with van der Waals surface area (Å²) in [4.78, 5) is 18.5. The van der Waals surface area contributed by atoms with E-state index in [-0.39, 0.29) is 23.5 Å². The first kappa shape index (κ1) is 19.4. The van der Waals surface area contributed by atoms with Crippen molar-refractivity contribution in [3.05, 3.63) is 59.9 Å². The third kappa shape index (κ3) is 5.29. The van der Waals surface area contributed by atoms with E-state index in [4.69, 9.17) is 0 Å². The number of aromatic nitrogens is 1. The summed E-state index contributed by atoms with van der Waals surface area (Å²) in [6, 6.07) is 13.6. The van der Waals surface area contributed by atoms with Crippen LogP contribution >= 0.6 is 0 Å². The number of sulfone groups is 1. The minimum atomic E-state index is -2.95. The lowest BCUT2D eigenvalue weighted by Gasteiger charge is -2.25. The summed E-state index contributed by atoms with van der Waals surface area (Å²) in [7, 11) is -1.09. The average Bonchev–Trinajstić information content (AvgIpc) is 3.05. The van der Waals surface area contributed by atoms with E-state index in [2.05, 4.69) is 22.4 Å². The molecule has 7 heteroatoms. The number of rotatable bonds is 7. The molecule has 0 radical (unpaired) electrons. The van der Waals surface area contributed by atoms with Crippen LogP contribution in [0.5, 0.6) is 0 Å². The van der Waals surface area contributed by atoms with Crippen LogP contribution in [0.3, 0.4) is 0 Å². The van der Waals surface area contributed by atoms with Gasteiger partial charge in [0, 0.05) is 31.5 Å². The summed E-state index contributed by atoms with van der Waals surface area (Å²) in [5.74, 6) is 0.173. The second-order valence-electron chi connectivity index (χ2n) is 6.91. The van der Waals surface area contributed by atoms with Gasteiger partial charge in [-0.25, -0.2) is 8.42 Å². The number of carbonyl (C=O) groups excluding carboxylic acids is 1. The second kappa shape index (κ2) is 8.52. The topological polar surface area (TPSA) is 79.4 Å². The number of anilines is 1. The van der Waals surface area contributed by atoms with E-state index < -0.39 is 9.84 Å². The van der Waals surface area contributed by atoms with Crippen molar-refractivity contribution < 1.29 is 13.2 Å². The minimum Gasteiger partial charge on any atom is -0.370 e. The molecule has 0 bridgehead atoms. The van der Waals surface area contributed by atoms with E-state index in [0.717, 1.165) is 18.5 Å². The normalized spacial score (nSPS) is 18.2. The first-order chi connectivity index (χ1) is 12.9.